The molecule has 5 nitrogen and oxygen atoms in total. The number of halogens is 1. The van der Waals surface area contributed by atoms with Gasteiger partial charge in [-0.15, -0.1) is 0 Å². The van der Waals surface area contributed by atoms with Gasteiger partial charge in [0.05, 0.1) is 18.1 Å². The van der Waals surface area contributed by atoms with Crippen LogP contribution in [0.15, 0.2) is 82.3 Å². The van der Waals surface area contributed by atoms with Gasteiger partial charge in [-0.25, -0.2) is 0 Å². The summed E-state index contributed by atoms with van der Waals surface area (Å²) in [5.41, 5.74) is 5.40. The average Bonchev–Trinajstić information content (AvgIpc) is 2.67. The van der Waals surface area contributed by atoms with Crippen LogP contribution < -0.4 is 11.0 Å². The molecule has 0 radical (unpaired) electrons. The van der Waals surface area contributed by atoms with Crippen molar-refractivity contribution in [1.29, 1.82) is 0 Å². The predicted molar refractivity (Wildman–Crippen MR) is 107 cm³/mol. The van der Waals surface area contributed by atoms with E-state index in [1.54, 1.807) is 18.3 Å². The molecule has 6 heteroatoms. The van der Waals surface area contributed by atoms with Crippen LogP contribution in [0.5, 0.6) is 0 Å². The van der Waals surface area contributed by atoms with Crippen molar-refractivity contribution in [1.82, 2.24) is 9.78 Å². The summed E-state index contributed by atoms with van der Waals surface area (Å²) in [6.07, 6.45) is 5.13. The van der Waals surface area contributed by atoms with E-state index in [1.807, 2.05) is 61.5 Å². The fraction of sp³-hybridized carbons (Fsp3) is 0.0500. The second-order valence-electron chi connectivity index (χ2n) is 5.59. The van der Waals surface area contributed by atoms with Crippen molar-refractivity contribution >= 4 is 29.6 Å². The second-order valence-corrected chi connectivity index (χ2v) is 5.97. The fourth-order valence-corrected chi connectivity index (χ4v) is 2.49. The van der Waals surface area contributed by atoms with Crippen molar-refractivity contribution < 1.29 is 0 Å². The van der Waals surface area contributed by atoms with Crippen LogP contribution >= 0.6 is 11.6 Å². The molecule has 0 aliphatic rings. The maximum absolute atomic E-state index is 12.4. The van der Waals surface area contributed by atoms with E-state index in [2.05, 4.69) is 15.6 Å². The topological polar surface area (TPSA) is 59.3 Å². The van der Waals surface area contributed by atoms with Crippen molar-refractivity contribution in [3.8, 4) is 5.69 Å². The lowest BCUT2D eigenvalue weighted by Crippen LogP contribution is -2.22. The van der Waals surface area contributed by atoms with Gasteiger partial charge >= 0.3 is 0 Å². The van der Waals surface area contributed by atoms with E-state index in [0.717, 1.165) is 11.1 Å². The number of hydrogen-bond acceptors (Lipinski definition) is 4. The maximum atomic E-state index is 12.4. The molecule has 3 aromatic rings. The third-order valence-corrected chi connectivity index (χ3v) is 3.93. The van der Waals surface area contributed by atoms with E-state index in [9.17, 15) is 4.79 Å². The Hall–Kier alpha value is -3.18. The Morgan fingerprint density at radius 3 is 2.46 bits per heavy atom. The minimum absolute atomic E-state index is 0.0331. The molecule has 2 aromatic carbocycles. The van der Waals surface area contributed by atoms with Crippen LogP contribution in [0, 0.1) is 0 Å². The Kier molecular flexibility index (Phi) is 5.61. The lowest BCUT2D eigenvalue weighted by molar-refractivity contribution is 0.808. The van der Waals surface area contributed by atoms with Gasteiger partial charge < -0.3 is 0 Å². The Labute approximate surface area is 156 Å². The summed E-state index contributed by atoms with van der Waals surface area (Å²) in [4.78, 5) is 12.4. The molecule has 0 spiro atoms. The highest BCUT2D eigenvalue weighted by atomic mass is 35.5. The van der Waals surface area contributed by atoms with E-state index in [4.69, 9.17) is 11.6 Å². The van der Waals surface area contributed by atoms with Crippen molar-refractivity contribution in [2.24, 2.45) is 5.10 Å². The number of rotatable bonds is 5. The third kappa shape index (κ3) is 4.26. The average molecular weight is 365 g/mol. The molecule has 0 bridgehead atoms. The van der Waals surface area contributed by atoms with Crippen molar-refractivity contribution in [3.05, 3.63) is 93.4 Å². The molecule has 26 heavy (non-hydrogen) atoms. The Morgan fingerprint density at radius 1 is 1.12 bits per heavy atom. The van der Waals surface area contributed by atoms with Crippen LogP contribution in [-0.2, 0) is 0 Å². The van der Waals surface area contributed by atoms with E-state index in [0.29, 0.717) is 11.4 Å². The molecule has 0 aliphatic heterocycles. The van der Waals surface area contributed by atoms with Crippen LogP contribution in [0.25, 0.3) is 11.8 Å². The third-order valence-electron chi connectivity index (χ3n) is 3.57. The van der Waals surface area contributed by atoms with Gasteiger partial charge in [-0.1, -0.05) is 66.2 Å². The van der Waals surface area contributed by atoms with Crippen molar-refractivity contribution in [2.75, 3.05) is 5.43 Å². The first-order valence-corrected chi connectivity index (χ1v) is 8.38. The molecule has 0 amide bonds. The van der Waals surface area contributed by atoms with Crippen molar-refractivity contribution in [3.63, 3.8) is 0 Å². The monoisotopic (exact) mass is 364 g/mol. The highest BCUT2D eigenvalue weighted by molar-refractivity contribution is 6.32. The van der Waals surface area contributed by atoms with Crippen LogP contribution in [0.4, 0.5) is 5.69 Å². The summed E-state index contributed by atoms with van der Waals surface area (Å²) in [5.74, 6) is 0. The molecule has 1 heterocycles. The standard InChI is InChI=1S/C20H17ClN4O/c1-15(12-16-8-4-2-5-9-16)13-22-24-18-14-23-25(20(26)19(18)21)17-10-6-3-7-11-17/h2-14,24H,1H3/b15-12+,22-13-. The quantitative estimate of drug-likeness (QED) is 0.539. The molecule has 0 fully saturated rings. The first kappa shape index (κ1) is 17.6. The first-order chi connectivity index (χ1) is 12.6. The van der Waals surface area contributed by atoms with E-state index in [-0.39, 0.29) is 5.02 Å². The SMILES string of the molecule is CC(/C=N\Nc1cnn(-c2ccccc2)c(=O)c1Cl)=C\c1ccccc1. The van der Waals surface area contributed by atoms with E-state index in [1.165, 1.54) is 10.9 Å². The summed E-state index contributed by atoms with van der Waals surface area (Å²) in [7, 11) is 0. The minimum Gasteiger partial charge on any atom is -0.275 e. The van der Waals surface area contributed by atoms with Gasteiger partial charge in [-0.2, -0.15) is 14.9 Å². The number of benzene rings is 2. The van der Waals surface area contributed by atoms with Crippen LogP contribution in [-0.4, -0.2) is 16.0 Å². The van der Waals surface area contributed by atoms with Gasteiger partial charge in [0.2, 0.25) is 0 Å². The van der Waals surface area contributed by atoms with Gasteiger partial charge in [0.1, 0.15) is 10.7 Å². The first-order valence-electron chi connectivity index (χ1n) is 8.01. The molecule has 0 saturated heterocycles. The Balaban J connectivity index is 1.76. The van der Waals surface area contributed by atoms with E-state index < -0.39 is 5.56 Å². The van der Waals surface area contributed by atoms with Gasteiger partial charge in [-0.05, 0) is 30.2 Å². The molecular formula is C20H17ClN4O. The summed E-state index contributed by atoms with van der Waals surface area (Å²) in [6.45, 7) is 1.94. The minimum atomic E-state index is -0.408. The maximum Gasteiger partial charge on any atom is 0.292 e. The zero-order chi connectivity index (χ0) is 18.4. The molecule has 0 aliphatic carbocycles. The lowest BCUT2D eigenvalue weighted by Gasteiger charge is -2.07. The van der Waals surface area contributed by atoms with Gasteiger partial charge in [0.25, 0.3) is 5.56 Å². The number of anilines is 1. The molecule has 1 aromatic heterocycles. The van der Waals surface area contributed by atoms with Crippen LogP contribution in [0.2, 0.25) is 5.02 Å². The molecule has 0 unspecified atom stereocenters. The number of aromatic nitrogens is 2. The largest absolute Gasteiger partial charge is 0.292 e. The molecule has 0 saturated carbocycles. The molecule has 1 N–H and O–H groups in total. The number of hydrazone groups is 1. The molecule has 0 atom stereocenters. The number of nitrogens with zero attached hydrogens (tertiary/aromatic N) is 3. The zero-order valence-electron chi connectivity index (χ0n) is 14.1. The highest BCUT2D eigenvalue weighted by Gasteiger charge is 2.09. The van der Waals surface area contributed by atoms with Gasteiger partial charge in [-0.3, -0.25) is 10.2 Å². The molecular weight excluding hydrogens is 348 g/mol. The fourth-order valence-electron chi connectivity index (χ4n) is 2.32. The van der Waals surface area contributed by atoms with Crippen LogP contribution in [0.3, 0.4) is 0 Å². The number of allylic oxidation sites excluding steroid dienone is 1. The number of hydrogen-bond donors (Lipinski definition) is 1. The summed E-state index contributed by atoms with van der Waals surface area (Å²) in [6, 6.07) is 19.0. The summed E-state index contributed by atoms with van der Waals surface area (Å²) in [5, 5.41) is 8.30. The van der Waals surface area contributed by atoms with E-state index >= 15 is 0 Å². The summed E-state index contributed by atoms with van der Waals surface area (Å²) < 4.78 is 1.25. The normalized spacial score (nSPS) is 11.7. The Morgan fingerprint density at radius 2 is 1.77 bits per heavy atom. The van der Waals surface area contributed by atoms with Gasteiger partial charge in [0.15, 0.2) is 0 Å². The number of para-hydroxylation sites is 1. The zero-order valence-corrected chi connectivity index (χ0v) is 14.9. The van der Waals surface area contributed by atoms with Gasteiger partial charge in [0, 0.05) is 0 Å². The number of nitrogens with one attached hydrogen (secondary N) is 1. The molecule has 130 valence electrons. The smallest absolute Gasteiger partial charge is 0.275 e. The predicted octanol–water partition coefficient (Wildman–Crippen LogP) is 4.39. The second kappa shape index (κ2) is 8.27. The Bertz CT molecular complexity index is 995. The van der Waals surface area contributed by atoms with Crippen LogP contribution in [0.1, 0.15) is 12.5 Å². The highest BCUT2D eigenvalue weighted by Crippen LogP contribution is 2.16. The summed E-state index contributed by atoms with van der Waals surface area (Å²) >= 11 is 6.17. The molecule has 3 rings (SSSR count). The van der Waals surface area contributed by atoms with Crippen molar-refractivity contribution in [2.45, 2.75) is 6.92 Å². The lowest BCUT2D eigenvalue weighted by atomic mass is 10.1.